The Hall–Kier alpha value is -1.58. The Morgan fingerprint density at radius 2 is 1.64 bits per heavy atom. The number of allylic oxidation sites excluding steroid dienone is 1. The molecule has 0 spiro atoms. The lowest BCUT2D eigenvalue weighted by Crippen LogP contribution is -1.91. The van der Waals surface area contributed by atoms with E-state index in [0.29, 0.717) is 12.2 Å². The van der Waals surface area contributed by atoms with E-state index in [1.807, 2.05) is 6.08 Å². The van der Waals surface area contributed by atoms with Gasteiger partial charge in [0.25, 0.3) is 0 Å². The van der Waals surface area contributed by atoms with Gasteiger partial charge in [0, 0.05) is 12.2 Å². The van der Waals surface area contributed by atoms with E-state index >= 15 is 0 Å². The van der Waals surface area contributed by atoms with E-state index in [9.17, 15) is 9.59 Å². The Labute approximate surface area is 83.6 Å². The van der Waals surface area contributed by atoms with Crippen LogP contribution in [0.1, 0.15) is 26.2 Å². The molecule has 0 unspecified atom stereocenters. The monoisotopic (exact) mass is 200 g/mol. The summed E-state index contributed by atoms with van der Waals surface area (Å²) in [5, 5.41) is 15.6. The third-order valence-electron chi connectivity index (χ3n) is 1.13. The topological polar surface area (TPSA) is 74.6 Å². The summed E-state index contributed by atoms with van der Waals surface area (Å²) in [6, 6.07) is 0. The third kappa shape index (κ3) is 22.4. The molecule has 0 aliphatic carbocycles. The Kier molecular flexibility index (Phi) is 12.2. The first-order chi connectivity index (χ1) is 6.54. The van der Waals surface area contributed by atoms with Crippen LogP contribution < -0.4 is 0 Å². The van der Waals surface area contributed by atoms with Crippen molar-refractivity contribution in [1.82, 2.24) is 0 Å². The summed E-state index contributed by atoms with van der Waals surface area (Å²) in [5.41, 5.74) is 0. The van der Waals surface area contributed by atoms with E-state index in [0.717, 1.165) is 0 Å². The first kappa shape index (κ1) is 14.9. The number of carbonyl (C=O) groups is 2. The van der Waals surface area contributed by atoms with E-state index in [4.69, 9.17) is 10.2 Å². The van der Waals surface area contributed by atoms with Gasteiger partial charge in [0.05, 0.1) is 0 Å². The van der Waals surface area contributed by atoms with Gasteiger partial charge in [-0.05, 0) is 6.42 Å². The van der Waals surface area contributed by atoms with E-state index in [-0.39, 0.29) is 0 Å². The Morgan fingerprint density at radius 3 is 1.79 bits per heavy atom. The lowest BCUT2D eigenvalue weighted by molar-refractivity contribution is -0.134. The highest BCUT2D eigenvalue weighted by Crippen LogP contribution is 1.91. The smallest absolute Gasteiger partial charge is 0.328 e. The molecule has 0 rings (SSSR count). The van der Waals surface area contributed by atoms with Crippen molar-refractivity contribution in [1.29, 1.82) is 0 Å². The maximum atomic E-state index is 9.55. The van der Waals surface area contributed by atoms with Crippen molar-refractivity contribution in [2.45, 2.75) is 26.2 Å². The number of carboxylic acids is 2. The maximum absolute atomic E-state index is 9.55. The molecular formula is C10H16O4. The van der Waals surface area contributed by atoms with Crippen molar-refractivity contribution in [3.63, 3.8) is 0 Å². The molecule has 0 atom stereocenters. The molecule has 14 heavy (non-hydrogen) atoms. The van der Waals surface area contributed by atoms with E-state index in [2.05, 4.69) is 13.5 Å². The van der Waals surface area contributed by atoms with Crippen LogP contribution in [0, 0.1) is 0 Å². The fraction of sp³-hybridized carbons (Fsp3) is 0.400. The van der Waals surface area contributed by atoms with Crippen LogP contribution in [0.2, 0.25) is 0 Å². The number of carboxylic acid groups (broad SMARTS) is 2. The van der Waals surface area contributed by atoms with Gasteiger partial charge in [-0.2, -0.15) is 0 Å². The molecule has 0 aromatic rings. The molecule has 0 saturated heterocycles. The molecule has 0 bridgehead atoms. The standard InChI is InChI=1S/C6H12.C4H4O4/c1-3-5-6-4-2;5-3(6)1-2-4(7)8/h3H,1,4-6H2,2H3;1-2H,(H,5,6)(H,7,8)/b;2-1-. The number of rotatable bonds is 5. The van der Waals surface area contributed by atoms with Crippen LogP contribution >= 0.6 is 0 Å². The first-order valence-corrected chi connectivity index (χ1v) is 4.29. The van der Waals surface area contributed by atoms with E-state index < -0.39 is 11.9 Å². The summed E-state index contributed by atoms with van der Waals surface area (Å²) in [5.74, 6) is -2.51. The number of hydrogen-bond donors (Lipinski definition) is 2. The molecular weight excluding hydrogens is 184 g/mol. The van der Waals surface area contributed by atoms with Crippen LogP contribution in [0.15, 0.2) is 24.8 Å². The van der Waals surface area contributed by atoms with Crippen LogP contribution in [-0.2, 0) is 9.59 Å². The molecule has 0 heterocycles. The molecule has 2 N–H and O–H groups in total. The highest BCUT2D eigenvalue weighted by molar-refractivity contribution is 5.89. The molecule has 0 aromatic carbocycles. The van der Waals surface area contributed by atoms with Gasteiger partial charge in [0.2, 0.25) is 0 Å². The Morgan fingerprint density at radius 1 is 1.21 bits per heavy atom. The summed E-state index contributed by atoms with van der Waals surface area (Å²) < 4.78 is 0. The summed E-state index contributed by atoms with van der Waals surface area (Å²) in [6.07, 6.45) is 6.83. The molecule has 80 valence electrons. The van der Waals surface area contributed by atoms with Gasteiger partial charge in [-0.1, -0.05) is 25.8 Å². The summed E-state index contributed by atoms with van der Waals surface area (Å²) >= 11 is 0. The van der Waals surface area contributed by atoms with Crippen molar-refractivity contribution in [3.8, 4) is 0 Å². The summed E-state index contributed by atoms with van der Waals surface area (Å²) in [7, 11) is 0. The van der Waals surface area contributed by atoms with E-state index in [1.165, 1.54) is 19.3 Å². The molecule has 0 aliphatic rings. The van der Waals surface area contributed by atoms with Crippen LogP contribution in [0.3, 0.4) is 0 Å². The minimum atomic E-state index is -1.26. The molecule has 0 radical (unpaired) electrons. The zero-order valence-corrected chi connectivity index (χ0v) is 8.27. The average Bonchev–Trinajstić information content (AvgIpc) is 2.12. The Balaban J connectivity index is 0. The molecule has 0 saturated carbocycles. The molecule has 0 amide bonds. The second-order valence-corrected chi connectivity index (χ2v) is 2.44. The van der Waals surface area contributed by atoms with Gasteiger partial charge in [0.1, 0.15) is 0 Å². The van der Waals surface area contributed by atoms with E-state index in [1.54, 1.807) is 0 Å². The van der Waals surface area contributed by atoms with Crippen molar-refractivity contribution in [3.05, 3.63) is 24.8 Å². The molecule has 4 nitrogen and oxygen atoms in total. The fourth-order valence-electron chi connectivity index (χ4n) is 0.491. The van der Waals surface area contributed by atoms with Gasteiger partial charge in [0.15, 0.2) is 0 Å². The second-order valence-electron chi connectivity index (χ2n) is 2.44. The van der Waals surface area contributed by atoms with Crippen molar-refractivity contribution >= 4 is 11.9 Å². The van der Waals surface area contributed by atoms with Gasteiger partial charge in [-0.25, -0.2) is 9.59 Å². The Bertz CT molecular complexity index is 190. The van der Waals surface area contributed by atoms with Gasteiger partial charge in [-0.3, -0.25) is 0 Å². The maximum Gasteiger partial charge on any atom is 0.328 e. The summed E-state index contributed by atoms with van der Waals surface area (Å²) in [4.78, 5) is 19.1. The van der Waals surface area contributed by atoms with Crippen LogP contribution in [0.4, 0.5) is 0 Å². The predicted octanol–water partition coefficient (Wildman–Crippen LogP) is 2.07. The summed E-state index contributed by atoms with van der Waals surface area (Å²) in [6.45, 7) is 5.78. The van der Waals surface area contributed by atoms with Gasteiger partial charge >= 0.3 is 11.9 Å². The largest absolute Gasteiger partial charge is 0.478 e. The highest BCUT2D eigenvalue weighted by Gasteiger charge is 1.88. The number of hydrogen-bond acceptors (Lipinski definition) is 2. The highest BCUT2D eigenvalue weighted by atomic mass is 16.4. The minimum absolute atomic E-state index is 0.558. The van der Waals surface area contributed by atoms with Gasteiger partial charge < -0.3 is 10.2 Å². The van der Waals surface area contributed by atoms with Crippen molar-refractivity contribution in [2.24, 2.45) is 0 Å². The number of unbranched alkanes of at least 4 members (excludes halogenated alkanes) is 2. The molecule has 4 heteroatoms. The molecule has 0 aliphatic heterocycles. The lowest BCUT2D eigenvalue weighted by atomic mass is 10.3. The zero-order chi connectivity index (χ0) is 11.4. The minimum Gasteiger partial charge on any atom is -0.478 e. The van der Waals surface area contributed by atoms with Crippen LogP contribution in [-0.4, -0.2) is 22.2 Å². The quantitative estimate of drug-likeness (QED) is 0.404. The lowest BCUT2D eigenvalue weighted by Gasteiger charge is -1.81. The second kappa shape index (κ2) is 11.4. The zero-order valence-electron chi connectivity index (χ0n) is 8.27. The van der Waals surface area contributed by atoms with Gasteiger partial charge in [-0.15, -0.1) is 6.58 Å². The van der Waals surface area contributed by atoms with Crippen molar-refractivity contribution in [2.75, 3.05) is 0 Å². The first-order valence-electron chi connectivity index (χ1n) is 4.29. The average molecular weight is 200 g/mol. The molecule has 0 aromatic heterocycles. The normalized spacial score (nSPS) is 8.93. The molecule has 0 fully saturated rings. The predicted molar refractivity (Wildman–Crippen MR) is 54.1 cm³/mol. The third-order valence-corrected chi connectivity index (χ3v) is 1.13. The van der Waals surface area contributed by atoms with Crippen molar-refractivity contribution < 1.29 is 19.8 Å². The fourth-order valence-corrected chi connectivity index (χ4v) is 0.491. The van der Waals surface area contributed by atoms with Crippen LogP contribution in [0.25, 0.3) is 0 Å². The SMILES string of the molecule is C=CCCCC.O=C(O)/C=C\C(=O)O. The van der Waals surface area contributed by atoms with Crippen LogP contribution in [0.5, 0.6) is 0 Å². The number of aliphatic carboxylic acids is 2.